The molecule has 2 aromatic rings. The van der Waals surface area contributed by atoms with Crippen LogP contribution in [0.1, 0.15) is 16.7 Å². The molecule has 3 nitrogen and oxygen atoms in total. The molecule has 1 aromatic heterocycles. The number of rotatable bonds is 5. The predicted octanol–water partition coefficient (Wildman–Crippen LogP) is 2.81. The third-order valence-corrected chi connectivity index (χ3v) is 3.41. The average Bonchev–Trinajstić information content (AvgIpc) is 2.83. The summed E-state index contributed by atoms with van der Waals surface area (Å²) in [5.41, 5.74) is 1.37. The molecule has 114 valence electrons. The zero-order valence-electron chi connectivity index (χ0n) is 12.0. The molecule has 21 heavy (non-hydrogen) atoms. The zero-order valence-corrected chi connectivity index (χ0v) is 12.0. The van der Waals surface area contributed by atoms with Gasteiger partial charge >= 0.3 is 6.18 Å². The fourth-order valence-electron chi connectivity index (χ4n) is 2.25. The first-order chi connectivity index (χ1) is 9.88. The second kappa shape index (κ2) is 6.30. The fraction of sp³-hybridized carbons (Fsp3) is 0.400. The summed E-state index contributed by atoms with van der Waals surface area (Å²) >= 11 is 0. The first-order valence-electron chi connectivity index (χ1n) is 6.69. The molecule has 2 rings (SSSR count). The van der Waals surface area contributed by atoms with Crippen LogP contribution in [0.4, 0.5) is 13.2 Å². The molecule has 6 heteroatoms. The molecule has 0 aliphatic rings. The molecule has 1 heterocycles. The Bertz CT molecular complexity index is 573. The number of benzene rings is 1. The van der Waals surface area contributed by atoms with Crippen LogP contribution in [0.15, 0.2) is 36.7 Å². The van der Waals surface area contributed by atoms with Crippen LogP contribution in [0.2, 0.25) is 0 Å². The Kier molecular flexibility index (Phi) is 4.67. The largest absolute Gasteiger partial charge is 0.416 e. The van der Waals surface area contributed by atoms with Gasteiger partial charge in [-0.1, -0.05) is 12.1 Å². The van der Waals surface area contributed by atoms with Crippen molar-refractivity contribution in [1.29, 1.82) is 0 Å². The summed E-state index contributed by atoms with van der Waals surface area (Å²) in [6.07, 6.45) is 0.916. The van der Waals surface area contributed by atoms with Crippen LogP contribution in [0.3, 0.4) is 0 Å². The zero-order chi connectivity index (χ0) is 15.5. The van der Waals surface area contributed by atoms with E-state index in [2.05, 4.69) is 10.4 Å². The van der Waals surface area contributed by atoms with Crippen LogP contribution in [-0.4, -0.2) is 22.9 Å². The SMILES string of the molecule is CNC(Cc1ccc(C(F)(F)F)cc1)Cc1cnn(C)c1. The highest BCUT2D eigenvalue weighted by Gasteiger charge is 2.29. The number of halogens is 3. The molecule has 1 N–H and O–H groups in total. The molecule has 0 aliphatic heterocycles. The molecular formula is C15H18F3N3. The molecule has 0 spiro atoms. The van der Waals surface area contributed by atoms with Crippen molar-refractivity contribution in [1.82, 2.24) is 15.1 Å². The van der Waals surface area contributed by atoms with Crippen LogP contribution in [-0.2, 0) is 26.1 Å². The van der Waals surface area contributed by atoms with E-state index in [1.165, 1.54) is 12.1 Å². The van der Waals surface area contributed by atoms with Crippen molar-refractivity contribution >= 4 is 0 Å². The molecule has 1 unspecified atom stereocenters. The van der Waals surface area contributed by atoms with Gasteiger partial charge in [-0.15, -0.1) is 0 Å². The normalized spacial score (nSPS) is 13.4. The highest BCUT2D eigenvalue weighted by molar-refractivity contribution is 5.25. The monoisotopic (exact) mass is 297 g/mol. The van der Waals surface area contributed by atoms with Crippen molar-refractivity contribution < 1.29 is 13.2 Å². The van der Waals surface area contributed by atoms with E-state index in [4.69, 9.17) is 0 Å². The summed E-state index contributed by atoms with van der Waals surface area (Å²) in [5.74, 6) is 0. The summed E-state index contributed by atoms with van der Waals surface area (Å²) < 4.78 is 39.3. The second-order valence-electron chi connectivity index (χ2n) is 5.11. The topological polar surface area (TPSA) is 29.9 Å². The number of aryl methyl sites for hydroxylation is 1. The maximum Gasteiger partial charge on any atom is 0.416 e. The molecule has 0 saturated carbocycles. The first kappa shape index (κ1) is 15.6. The predicted molar refractivity (Wildman–Crippen MR) is 74.9 cm³/mol. The molecule has 0 radical (unpaired) electrons. The van der Waals surface area contributed by atoms with Gasteiger partial charge in [0.2, 0.25) is 0 Å². The molecule has 0 fully saturated rings. The minimum absolute atomic E-state index is 0.158. The van der Waals surface area contributed by atoms with Gasteiger partial charge in [-0.3, -0.25) is 4.68 Å². The number of likely N-dealkylation sites (N-methyl/N-ethyl adjacent to an activating group) is 1. The average molecular weight is 297 g/mol. The molecule has 0 amide bonds. The maximum absolute atomic E-state index is 12.5. The van der Waals surface area contributed by atoms with Crippen LogP contribution in [0.25, 0.3) is 0 Å². The van der Waals surface area contributed by atoms with E-state index in [0.717, 1.165) is 29.7 Å². The number of hydrogen-bond donors (Lipinski definition) is 1. The minimum Gasteiger partial charge on any atom is -0.316 e. The Hall–Kier alpha value is -1.82. The Morgan fingerprint density at radius 1 is 1.14 bits per heavy atom. The lowest BCUT2D eigenvalue weighted by Gasteiger charge is -2.16. The molecule has 1 atom stereocenters. The standard InChI is InChI=1S/C15H18F3N3/c1-19-14(8-12-9-20-21(2)10-12)7-11-3-5-13(6-4-11)15(16,17)18/h3-6,9-10,14,19H,7-8H2,1-2H3. The summed E-state index contributed by atoms with van der Waals surface area (Å²) in [6, 6.07) is 5.50. The van der Waals surface area contributed by atoms with Crippen molar-refractivity contribution in [3.05, 3.63) is 53.3 Å². The third kappa shape index (κ3) is 4.32. The van der Waals surface area contributed by atoms with Crippen molar-refractivity contribution in [3.8, 4) is 0 Å². The van der Waals surface area contributed by atoms with Crippen LogP contribution in [0.5, 0.6) is 0 Å². The Balaban J connectivity index is 2.01. The lowest BCUT2D eigenvalue weighted by atomic mass is 10.00. The van der Waals surface area contributed by atoms with Crippen molar-refractivity contribution in [2.45, 2.75) is 25.1 Å². The second-order valence-corrected chi connectivity index (χ2v) is 5.11. The summed E-state index contributed by atoms with van der Waals surface area (Å²) in [5, 5.41) is 7.31. The van der Waals surface area contributed by atoms with Gasteiger partial charge < -0.3 is 5.32 Å². The maximum atomic E-state index is 12.5. The molecular weight excluding hydrogens is 279 g/mol. The number of hydrogen-bond acceptors (Lipinski definition) is 2. The van der Waals surface area contributed by atoms with E-state index >= 15 is 0 Å². The molecule has 0 aliphatic carbocycles. The van der Waals surface area contributed by atoms with Gasteiger partial charge in [-0.2, -0.15) is 18.3 Å². The third-order valence-electron chi connectivity index (χ3n) is 3.41. The Morgan fingerprint density at radius 2 is 1.76 bits per heavy atom. The molecule has 0 bridgehead atoms. The fourth-order valence-corrected chi connectivity index (χ4v) is 2.25. The van der Waals surface area contributed by atoms with E-state index in [9.17, 15) is 13.2 Å². The number of nitrogens with one attached hydrogen (secondary N) is 1. The Labute approximate surface area is 121 Å². The lowest BCUT2D eigenvalue weighted by molar-refractivity contribution is -0.137. The van der Waals surface area contributed by atoms with Gasteiger partial charge in [0, 0.05) is 19.3 Å². The smallest absolute Gasteiger partial charge is 0.316 e. The van der Waals surface area contributed by atoms with E-state index in [1.807, 2.05) is 20.3 Å². The molecule has 1 aromatic carbocycles. The Morgan fingerprint density at radius 3 is 2.24 bits per heavy atom. The van der Waals surface area contributed by atoms with Gasteiger partial charge in [-0.25, -0.2) is 0 Å². The molecule has 0 saturated heterocycles. The highest BCUT2D eigenvalue weighted by atomic mass is 19.4. The van der Waals surface area contributed by atoms with Gasteiger partial charge in [0.1, 0.15) is 0 Å². The van der Waals surface area contributed by atoms with Crippen molar-refractivity contribution in [2.75, 3.05) is 7.05 Å². The van der Waals surface area contributed by atoms with Crippen LogP contribution < -0.4 is 5.32 Å². The number of aromatic nitrogens is 2. The van der Waals surface area contributed by atoms with Crippen molar-refractivity contribution in [2.24, 2.45) is 7.05 Å². The van der Waals surface area contributed by atoms with Gasteiger partial charge in [0.15, 0.2) is 0 Å². The first-order valence-corrected chi connectivity index (χ1v) is 6.69. The number of alkyl halides is 3. The quantitative estimate of drug-likeness (QED) is 0.919. The highest BCUT2D eigenvalue weighted by Crippen LogP contribution is 2.29. The summed E-state index contributed by atoms with van der Waals surface area (Å²) in [7, 11) is 3.71. The van der Waals surface area contributed by atoms with E-state index in [1.54, 1.807) is 10.9 Å². The van der Waals surface area contributed by atoms with E-state index in [-0.39, 0.29) is 6.04 Å². The lowest BCUT2D eigenvalue weighted by Crippen LogP contribution is -2.29. The van der Waals surface area contributed by atoms with Gasteiger partial charge in [0.05, 0.1) is 11.8 Å². The van der Waals surface area contributed by atoms with Gasteiger partial charge in [0.25, 0.3) is 0 Å². The number of nitrogens with zero attached hydrogens (tertiary/aromatic N) is 2. The van der Waals surface area contributed by atoms with Crippen LogP contribution in [0, 0.1) is 0 Å². The van der Waals surface area contributed by atoms with Crippen LogP contribution >= 0.6 is 0 Å². The van der Waals surface area contributed by atoms with E-state index in [0.29, 0.717) is 6.42 Å². The minimum atomic E-state index is -4.28. The summed E-state index contributed by atoms with van der Waals surface area (Å²) in [6.45, 7) is 0. The summed E-state index contributed by atoms with van der Waals surface area (Å²) in [4.78, 5) is 0. The van der Waals surface area contributed by atoms with Gasteiger partial charge in [-0.05, 0) is 43.1 Å². The van der Waals surface area contributed by atoms with E-state index < -0.39 is 11.7 Å². The van der Waals surface area contributed by atoms with Crippen molar-refractivity contribution in [3.63, 3.8) is 0 Å².